The molecule has 2 aromatic rings. The summed E-state index contributed by atoms with van der Waals surface area (Å²) in [6.07, 6.45) is -4.57. The summed E-state index contributed by atoms with van der Waals surface area (Å²) in [6, 6.07) is 7.89. The van der Waals surface area contributed by atoms with Crippen molar-refractivity contribution in [3.8, 4) is 5.75 Å². The maximum absolute atomic E-state index is 12.7. The first-order chi connectivity index (χ1) is 13.0. The number of halogens is 5. The minimum Gasteiger partial charge on any atom is -0.406 e. The molecular weight excluding hydrogens is 442 g/mol. The summed E-state index contributed by atoms with van der Waals surface area (Å²) in [7, 11) is -2.57. The number of hydrogen-bond donors (Lipinski definition) is 1. The molecule has 0 saturated heterocycles. The molecule has 0 radical (unpaired) electrons. The quantitative estimate of drug-likeness (QED) is 0.608. The van der Waals surface area contributed by atoms with Gasteiger partial charge in [0.2, 0.25) is 10.0 Å². The molecule has 154 valence electrons. The Bertz CT molecular complexity index is 906. The average Bonchev–Trinajstić information content (AvgIpc) is 2.60. The number of hydrogen-bond acceptors (Lipinski definition) is 4. The summed E-state index contributed by atoms with van der Waals surface area (Å²) in [5.41, 5.74) is 0.562. The monoisotopic (exact) mass is 457 g/mol. The summed E-state index contributed by atoms with van der Waals surface area (Å²) in [5.74, 6) is -0.521. The van der Waals surface area contributed by atoms with E-state index in [1.807, 2.05) is 0 Å². The van der Waals surface area contributed by atoms with Gasteiger partial charge in [-0.15, -0.1) is 13.2 Å². The van der Waals surface area contributed by atoms with Crippen molar-refractivity contribution in [3.63, 3.8) is 0 Å². The van der Waals surface area contributed by atoms with Gasteiger partial charge < -0.3 is 9.47 Å². The van der Waals surface area contributed by atoms with Gasteiger partial charge >= 0.3 is 6.36 Å². The highest BCUT2D eigenvalue weighted by Crippen LogP contribution is 2.29. The van der Waals surface area contributed by atoms with Crippen molar-refractivity contribution in [3.05, 3.63) is 58.1 Å². The lowest BCUT2D eigenvalue weighted by Crippen LogP contribution is -2.29. The van der Waals surface area contributed by atoms with Gasteiger partial charge in [0.1, 0.15) is 5.75 Å². The van der Waals surface area contributed by atoms with E-state index >= 15 is 0 Å². The molecule has 0 aliphatic rings. The first-order valence-electron chi connectivity index (χ1n) is 7.84. The van der Waals surface area contributed by atoms with Crippen LogP contribution in [-0.2, 0) is 14.8 Å². The Kier molecular flexibility index (Phi) is 7.58. The fourth-order valence-corrected chi connectivity index (χ4v) is 3.90. The lowest BCUT2D eigenvalue weighted by molar-refractivity contribution is -0.274. The van der Waals surface area contributed by atoms with Crippen molar-refractivity contribution in [1.82, 2.24) is 4.72 Å². The molecule has 0 aromatic heterocycles. The smallest absolute Gasteiger partial charge is 0.406 e. The van der Waals surface area contributed by atoms with Gasteiger partial charge in [-0.25, -0.2) is 13.1 Å². The second-order valence-corrected chi connectivity index (χ2v) is 8.18. The average molecular weight is 458 g/mol. The maximum Gasteiger partial charge on any atom is 0.573 e. The van der Waals surface area contributed by atoms with Gasteiger partial charge in [-0.05, 0) is 48.4 Å². The lowest BCUT2D eigenvalue weighted by atomic mass is 10.1. The van der Waals surface area contributed by atoms with E-state index in [-0.39, 0.29) is 16.5 Å². The molecule has 28 heavy (non-hydrogen) atoms. The van der Waals surface area contributed by atoms with E-state index in [1.165, 1.54) is 19.2 Å². The van der Waals surface area contributed by atoms with E-state index in [0.717, 1.165) is 24.3 Å². The number of sulfonamides is 1. The third kappa shape index (κ3) is 6.52. The van der Waals surface area contributed by atoms with Crippen LogP contribution in [-0.4, -0.2) is 28.5 Å². The Morgan fingerprint density at radius 1 is 1.07 bits per heavy atom. The Morgan fingerprint density at radius 3 is 2.25 bits per heavy atom. The molecule has 0 spiro atoms. The van der Waals surface area contributed by atoms with Crippen molar-refractivity contribution in [2.24, 2.45) is 0 Å². The SMILES string of the molecule is COCCC(NS(=O)(=O)c1ccc(OC(F)(F)F)cc1)c1ccc(Cl)c(Cl)c1. The van der Waals surface area contributed by atoms with Crippen LogP contribution in [0.3, 0.4) is 0 Å². The summed E-state index contributed by atoms with van der Waals surface area (Å²) >= 11 is 11.9. The van der Waals surface area contributed by atoms with E-state index in [2.05, 4.69) is 9.46 Å². The second-order valence-electron chi connectivity index (χ2n) is 5.65. The number of benzene rings is 2. The van der Waals surface area contributed by atoms with Crippen LogP contribution < -0.4 is 9.46 Å². The fraction of sp³-hybridized carbons (Fsp3) is 0.294. The summed E-state index contributed by atoms with van der Waals surface area (Å²) in [4.78, 5) is -0.218. The third-order valence-electron chi connectivity index (χ3n) is 3.62. The van der Waals surface area contributed by atoms with Gasteiger partial charge in [0.25, 0.3) is 0 Å². The topological polar surface area (TPSA) is 64.6 Å². The largest absolute Gasteiger partial charge is 0.573 e. The van der Waals surface area contributed by atoms with Crippen LogP contribution in [0.25, 0.3) is 0 Å². The molecule has 0 fully saturated rings. The van der Waals surface area contributed by atoms with Crippen molar-refractivity contribution in [2.75, 3.05) is 13.7 Å². The Morgan fingerprint density at radius 2 is 1.71 bits per heavy atom. The predicted molar refractivity (Wildman–Crippen MR) is 99.1 cm³/mol. The van der Waals surface area contributed by atoms with Crippen molar-refractivity contribution >= 4 is 33.2 Å². The van der Waals surface area contributed by atoms with E-state index in [1.54, 1.807) is 6.07 Å². The van der Waals surface area contributed by atoms with Gasteiger partial charge in [-0.3, -0.25) is 0 Å². The standard InChI is InChI=1S/C17H16Cl2F3NO4S/c1-26-9-8-16(11-2-7-14(18)15(19)10-11)23-28(24,25)13-5-3-12(4-6-13)27-17(20,21)22/h2-7,10,16,23H,8-9H2,1H3. The normalized spacial score (nSPS) is 13.4. The molecule has 0 heterocycles. The molecule has 0 bridgehead atoms. The predicted octanol–water partition coefficient (Wildman–Crippen LogP) is 4.95. The summed E-state index contributed by atoms with van der Waals surface area (Å²) in [5, 5.41) is 0.577. The first-order valence-corrected chi connectivity index (χ1v) is 10.1. The lowest BCUT2D eigenvalue weighted by Gasteiger charge is -2.20. The first kappa shape index (κ1) is 22.8. The number of methoxy groups -OCH3 is 1. The highest BCUT2D eigenvalue weighted by atomic mass is 35.5. The molecule has 11 heteroatoms. The maximum atomic E-state index is 12.7. The summed E-state index contributed by atoms with van der Waals surface area (Å²) in [6.45, 7) is 0.256. The third-order valence-corrected chi connectivity index (χ3v) is 5.85. The number of alkyl halides is 3. The molecule has 2 rings (SSSR count). The van der Waals surface area contributed by atoms with E-state index in [9.17, 15) is 21.6 Å². The van der Waals surface area contributed by atoms with Crippen LogP contribution in [0.4, 0.5) is 13.2 Å². The molecule has 2 aromatic carbocycles. The van der Waals surface area contributed by atoms with E-state index in [0.29, 0.717) is 17.0 Å². The van der Waals surface area contributed by atoms with Crippen LogP contribution in [0.2, 0.25) is 10.0 Å². The molecular formula is C17H16Cl2F3NO4S. The van der Waals surface area contributed by atoms with Crippen molar-refractivity contribution in [2.45, 2.75) is 23.7 Å². The molecule has 1 unspecified atom stereocenters. The van der Waals surface area contributed by atoms with Crippen LogP contribution in [0, 0.1) is 0 Å². The Labute approximate surface area is 170 Å². The molecule has 0 aliphatic carbocycles. The number of nitrogens with one attached hydrogen (secondary N) is 1. The molecule has 5 nitrogen and oxygen atoms in total. The molecule has 0 aliphatic heterocycles. The minimum atomic E-state index is -4.86. The highest BCUT2D eigenvalue weighted by Gasteiger charge is 2.31. The zero-order valence-corrected chi connectivity index (χ0v) is 16.8. The molecule has 1 atom stereocenters. The van der Waals surface area contributed by atoms with E-state index in [4.69, 9.17) is 27.9 Å². The highest BCUT2D eigenvalue weighted by molar-refractivity contribution is 7.89. The van der Waals surface area contributed by atoms with Crippen LogP contribution in [0.15, 0.2) is 47.4 Å². The van der Waals surface area contributed by atoms with Crippen LogP contribution in [0.5, 0.6) is 5.75 Å². The van der Waals surface area contributed by atoms with Crippen molar-refractivity contribution < 1.29 is 31.1 Å². The Balaban J connectivity index is 2.25. The zero-order chi connectivity index (χ0) is 20.9. The minimum absolute atomic E-state index is 0.218. The zero-order valence-electron chi connectivity index (χ0n) is 14.5. The van der Waals surface area contributed by atoms with Crippen LogP contribution >= 0.6 is 23.2 Å². The van der Waals surface area contributed by atoms with Gasteiger partial charge in [-0.2, -0.15) is 0 Å². The Hall–Kier alpha value is -1.52. The number of rotatable bonds is 8. The molecule has 0 saturated carbocycles. The van der Waals surface area contributed by atoms with Gasteiger partial charge in [-0.1, -0.05) is 29.3 Å². The molecule has 1 N–H and O–H groups in total. The van der Waals surface area contributed by atoms with Gasteiger partial charge in [0.05, 0.1) is 14.9 Å². The van der Waals surface area contributed by atoms with Gasteiger partial charge in [0, 0.05) is 19.8 Å². The van der Waals surface area contributed by atoms with Crippen molar-refractivity contribution in [1.29, 1.82) is 0 Å². The van der Waals surface area contributed by atoms with E-state index < -0.39 is 28.2 Å². The number of ether oxygens (including phenoxy) is 2. The summed E-state index contributed by atoms with van der Waals surface area (Å²) < 4.78 is 73.3. The van der Waals surface area contributed by atoms with Crippen LogP contribution in [0.1, 0.15) is 18.0 Å². The fourth-order valence-electron chi connectivity index (χ4n) is 2.33. The molecule has 0 amide bonds. The van der Waals surface area contributed by atoms with Gasteiger partial charge in [0.15, 0.2) is 0 Å². The second kappa shape index (κ2) is 9.32.